The average Bonchev–Trinajstić information content (AvgIpc) is 2.43. The Morgan fingerprint density at radius 3 is 2.81 bits per heavy atom. The Kier molecular flexibility index (Phi) is 6.21. The molecular weight excluding hydrogens is 300 g/mol. The molecule has 1 fully saturated rings. The Morgan fingerprint density at radius 1 is 1.33 bits per heavy atom. The minimum absolute atomic E-state index is 0.131. The van der Waals surface area contributed by atoms with Crippen molar-refractivity contribution in [1.29, 1.82) is 0 Å². The van der Waals surface area contributed by atoms with Gasteiger partial charge in [-0.05, 0) is 37.0 Å². The van der Waals surface area contributed by atoms with Gasteiger partial charge < -0.3 is 15.2 Å². The van der Waals surface area contributed by atoms with Crippen LogP contribution in [0.25, 0.3) is 0 Å². The van der Waals surface area contributed by atoms with Gasteiger partial charge in [0.15, 0.2) is 0 Å². The zero-order chi connectivity index (χ0) is 15.2. The van der Waals surface area contributed by atoms with Crippen molar-refractivity contribution in [1.82, 2.24) is 5.32 Å². The van der Waals surface area contributed by atoms with Crippen LogP contribution in [-0.2, 0) is 6.54 Å². The highest BCUT2D eigenvalue weighted by atomic mass is 35.5. The molecule has 0 saturated heterocycles. The number of rotatable bonds is 6. The van der Waals surface area contributed by atoms with Gasteiger partial charge in [0.05, 0.1) is 6.10 Å². The lowest BCUT2D eigenvalue weighted by Gasteiger charge is -2.27. The van der Waals surface area contributed by atoms with Crippen molar-refractivity contribution in [3.05, 3.63) is 28.8 Å². The van der Waals surface area contributed by atoms with Crippen LogP contribution < -0.4 is 10.1 Å². The zero-order valence-electron chi connectivity index (χ0n) is 11.7. The van der Waals surface area contributed by atoms with Crippen LogP contribution in [0.15, 0.2) is 18.2 Å². The molecule has 2 unspecified atom stereocenters. The summed E-state index contributed by atoms with van der Waals surface area (Å²) in [6.45, 7) is -1.82. The Bertz CT molecular complexity index is 459. The van der Waals surface area contributed by atoms with Crippen molar-refractivity contribution in [3.8, 4) is 5.75 Å². The number of alkyl halides is 2. The fourth-order valence-electron chi connectivity index (χ4n) is 2.72. The smallest absolute Gasteiger partial charge is 0.387 e. The highest BCUT2D eigenvalue weighted by Gasteiger charge is 2.22. The molecule has 1 aromatic rings. The summed E-state index contributed by atoms with van der Waals surface area (Å²) >= 11 is 5.89. The van der Waals surface area contributed by atoms with Crippen molar-refractivity contribution in [3.63, 3.8) is 0 Å². The van der Waals surface area contributed by atoms with E-state index < -0.39 is 6.61 Å². The third kappa shape index (κ3) is 5.09. The van der Waals surface area contributed by atoms with Crippen LogP contribution >= 0.6 is 11.6 Å². The van der Waals surface area contributed by atoms with Crippen LogP contribution in [-0.4, -0.2) is 24.4 Å². The summed E-state index contributed by atoms with van der Waals surface area (Å²) < 4.78 is 29.2. The number of hydrogen-bond acceptors (Lipinski definition) is 3. The molecule has 1 aliphatic carbocycles. The monoisotopic (exact) mass is 319 g/mol. The van der Waals surface area contributed by atoms with E-state index in [0.29, 0.717) is 23.7 Å². The summed E-state index contributed by atoms with van der Waals surface area (Å²) in [6.07, 6.45) is 3.74. The normalized spacial score (nSPS) is 22.5. The van der Waals surface area contributed by atoms with Gasteiger partial charge in [0.2, 0.25) is 0 Å². The summed E-state index contributed by atoms with van der Waals surface area (Å²) in [5.74, 6) is 0.350. The predicted octanol–water partition coefficient (Wildman–Crippen LogP) is 3.58. The highest BCUT2D eigenvalue weighted by Crippen LogP contribution is 2.26. The quantitative estimate of drug-likeness (QED) is 0.842. The number of hydrogen-bond donors (Lipinski definition) is 2. The van der Waals surface area contributed by atoms with Gasteiger partial charge in [-0.1, -0.05) is 24.4 Å². The van der Waals surface area contributed by atoms with E-state index in [-0.39, 0.29) is 17.8 Å². The molecule has 0 radical (unpaired) electrons. The SMILES string of the molecule is OC1CCCCC1CNCc1cc(Cl)ccc1OC(F)F. The van der Waals surface area contributed by atoms with Gasteiger partial charge in [0.25, 0.3) is 0 Å². The number of aliphatic hydroxyl groups excluding tert-OH is 1. The van der Waals surface area contributed by atoms with E-state index in [9.17, 15) is 13.9 Å². The third-order valence-corrected chi connectivity index (χ3v) is 4.06. The maximum absolute atomic E-state index is 12.4. The zero-order valence-corrected chi connectivity index (χ0v) is 12.5. The van der Waals surface area contributed by atoms with E-state index in [1.54, 1.807) is 6.07 Å². The molecule has 2 N–H and O–H groups in total. The molecule has 0 bridgehead atoms. The fourth-order valence-corrected chi connectivity index (χ4v) is 2.91. The molecule has 0 aromatic heterocycles. The van der Waals surface area contributed by atoms with Gasteiger partial charge in [0.1, 0.15) is 5.75 Å². The maximum atomic E-state index is 12.4. The van der Waals surface area contributed by atoms with Crippen molar-refractivity contribution in [2.24, 2.45) is 5.92 Å². The number of benzene rings is 1. The lowest BCUT2D eigenvalue weighted by molar-refractivity contribution is -0.0505. The first-order valence-corrected chi connectivity index (χ1v) is 7.56. The van der Waals surface area contributed by atoms with Crippen molar-refractivity contribution >= 4 is 11.6 Å². The fraction of sp³-hybridized carbons (Fsp3) is 0.600. The molecule has 2 rings (SSSR count). The molecular formula is C15H20ClF2NO2. The Hall–Kier alpha value is -0.910. The van der Waals surface area contributed by atoms with Gasteiger partial charge in [0, 0.05) is 23.7 Å². The van der Waals surface area contributed by atoms with Crippen molar-refractivity contribution in [2.45, 2.75) is 44.9 Å². The van der Waals surface area contributed by atoms with E-state index in [1.165, 1.54) is 12.1 Å². The maximum Gasteiger partial charge on any atom is 0.387 e. The van der Waals surface area contributed by atoms with E-state index in [2.05, 4.69) is 10.1 Å². The van der Waals surface area contributed by atoms with Crippen LogP contribution in [0.3, 0.4) is 0 Å². The summed E-state index contributed by atoms with van der Waals surface area (Å²) in [4.78, 5) is 0. The first-order valence-electron chi connectivity index (χ1n) is 7.18. The van der Waals surface area contributed by atoms with Crippen LogP contribution in [0.5, 0.6) is 5.75 Å². The lowest BCUT2D eigenvalue weighted by Crippen LogP contribution is -2.33. The summed E-state index contributed by atoms with van der Waals surface area (Å²) in [5.41, 5.74) is 0.591. The van der Waals surface area contributed by atoms with Gasteiger partial charge >= 0.3 is 6.61 Å². The second-order valence-electron chi connectivity index (χ2n) is 5.37. The third-order valence-electron chi connectivity index (χ3n) is 3.83. The van der Waals surface area contributed by atoms with Crippen LogP contribution in [0, 0.1) is 5.92 Å². The first kappa shape index (κ1) is 16.5. The number of nitrogens with one attached hydrogen (secondary N) is 1. The summed E-state index contributed by atoms with van der Waals surface area (Å²) in [5, 5.41) is 13.6. The molecule has 1 saturated carbocycles. The molecule has 1 aliphatic rings. The Balaban J connectivity index is 1.91. The molecule has 2 atom stereocenters. The molecule has 21 heavy (non-hydrogen) atoms. The van der Waals surface area contributed by atoms with E-state index in [1.807, 2.05) is 0 Å². The standard InChI is InChI=1S/C15H20ClF2NO2/c16-12-5-6-14(21-15(17)18)11(7-12)9-19-8-10-3-1-2-4-13(10)20/h5-7,10,13,15,19-20H,1-4,8-9H2. The Morgan fingerprint density at radius 2 is 2.10 bits per heavy atom. The summed E-state index contributed by atoms with van der Waals surface area (Å²) in [6, 6.07) is 4.58. The summed E-state index contributed by atoms with van der Waals surface area (Å²) in [7, 11) is 0. The molecule has 0 spiro atoms. The van der Waals surface area contributed by atoms with Gasteiger partial charge in [-0.2, -0.15) is 8.78 Å². The lowest BCUT2D eigenvalue weighted by atomic mass is 9.86. The van der Waals surface area contributed by atoms with E-state index in [0.717, 1.165) is 25.7 Å². The molecule has 0 aliphatic heterocycles. The second kappa shape index (κ2) is 7.92. The van der Waals surface area contributed by atoms with Crippen molar-refractivity contribution in [2.75, 3.05) is 6.54 Å². The van der Waals surface area contributed by atoms with Gasteiger partial charge in [-0.3, -0.25) is 0 Å². The van der Waals surface area contributed by atoms with Gasteiger partial charge in [-0.25, -0.2) is 0 Å². The molecule has 6 heteroatoms. The molecule has 1 aromatic carbocycles. The largest absolute Gasteiger partial charge is 0.434 e. The van der Waals surface area contributed by atoms with Crippen LogP contribution in [0.1, 0.15) is 31.2 Å². The average molecular weight is 320 g/mol. The molecule has 118 valence electrons. The minimum Gasteiger partial charge on any atom is -0.434 e. The first-order chi connectivity index (χ1) is 10.1. The van der Waals surface area contributed by atoms with Crippen LogP contribution in [0.4, 0.5) is 8.78 Å². The van der Waals surface area contributed by atoms with E-state index in [4.69, 9.17) is 11.6 Å². The highest BCUT2D eigenvalue weighted by molar-refractivity contribution is 6.30. The number of aliphatic hydroxyl groups is 1. The minimum atomic E-state index is -2.86. The second-order valence-corrected chi connectivity index (χ2v) is 5.81. The topological polar surface area (TPSA) is 41.5 Å². The number of ether oxygens (including phenoxy) is 1. The Labute approximate surface area is 128 Å². The molecule has 0 amide bonds. The van der Waals surface area contributed by atoms with Gasteiger partial charge in [-0.15, -0.1) is 0 Å². The van der Waals surface area contributed by atoms with Crippen LogP contribution in [0.2, 0.25) is 5.02 Å². The number of halogens is 3. The van der Waals surface area contributed by atoms with E-state index >= 15 is 0 Å². The predicted molar refractivity (Wildman–Crippen MR) is 77.8 cm³/mol. The molecule has 0 heterocycles. The molecule has 3 nitrogen and oxygen atoms in total. The van der Waals surface area contributed by atoms with Crippen molar-refractivity contribution < 1.29 is 18.6 Å².